The summed E-state index contributed by atoms with van der Waals surface area (Å²) in [5, 5.41) is 0. The molecule has 2 N–H and O–H groups in total. The Bertz CT molecular complexity index is 305. The van der Waals surface area contributed by atoms with Gasteiger partial charge in [-0.25, -0.2) is 0 Å². The third-order valence-corrected chi connectivity index (χ3v) is 3.62. The quantitative estimate of drug-likeness (QED) is 0.880. The van der Waals surface area contributed by atoms with E-state index in [-0.39, 0.29) is 0 Å². The van der Waals surface area contributed by atoms with Crippen LogP contribution in [-0.2, 0) is 0 Å². The molecule has 1 nitrogen and oxygen atoms in total. The van der Waals surface area contributed by atoms with Crippen LogP contribution in [-0.4, -0.2) is 6.54 Å². The predicted molar refractivity (Wildman–Crippen MR) is 63.3 cm³/mol. The molecule has 0 spiro atoms. The maximum absolute atomic E-state index is 5.54. The van der Waals surface area contributed by atoms with Crippen molar-refractivity contribution in [3.05, 3.63) is 34.3 Å². The summed E-state index contributed by atoms with van der Waals surface area (Å²) in [5.74, 6) is 1.66. The van der Waals surface area contributed by atoms with Gasteiger partial charge in [-0.3, -0.25) is 0 Å². The van der Waals surface area contributed by atoms with Crippen molar-refractivity contribution < 1.29 is 0 Å². The Morgan fingerprint density at radius 1 is 1.36 bits per heavy atom. The molecule has 14 heavy (non-hydrogen) atoms. The molecule has 0 unspecified atom stereocenters. The first-order valence-electron chi connectivity index (χ1n) is 5.25. The summed E-state index contributed by atoms with van der Waals surface area (Å²) in [6.45, 7) is 0.843. The third-order valence-electron chi connectivity index (χ3n) is 3.13. The number of nitrogens with two attached hydrogens (primary N) is 1. The largest absolute Gasteiger partial charge is 0.330 e. The van der Waals surface area contributed by atoms with Gasteiger partial charge in [0.15, 0.2) is 0 Å². The fourth-order valence-electron chi connectivity index (χ4n) is 2.24. The zero-order valence-corrected chi connectivity index (χ0v) is 9.83. The fraction of sp³-hybridized carbons (Fsp3) is 0.500. The maximum atomic E-state index is 5.54. The minimum atomic E-state index is 0.782. The summed E-state index contributed by atoms with van der Waals surface area (Å²) >= 11 is 3.51. The average molecular weight is 254 g/mol. The normalized spacial score (nSPS) is 25.9. The van der Waals surface area contributed by atoms with Crippen LogP contribution >= 0.6 is 15.9 Å². The molecule has 1 fully saturated rings. The lowest BCUT2D eigenvalue weighted by atomic mass is 9.70. The molecule has 0 atom stereocenters. The van der Waals surface area contributed by atoms with Crippen molar-refractivity contribution in [2.75, 3.05) is 6.54 Å². The van der Waals surface area contributed by atoms with Crippen LogP contribution < -0.4 is 5.73 Å². The highest BCUT2D eigenvalue weighted by Crippen LogP contribution is 2.43. The van der Waals surface area contributed by atoms with Crippen LogP contribution in [0.25, 0.3) is 0 Å². The number of hydrogen-bond donors (Lipinski definition) is 1. The highest BCUT2D eigenvalue weighted by Gasteiger charge is 2.29. The molecule has 1 aliphatic carbocycles. The molecule has 76 valence electrons. The van der Waals surface area contributed by atoms with E-state index in [4.69, 9.17) is 5.73 Å². The van der Waals surface area contributed by atoms with Crippen molar-refractivity contribution in [1.82, 2.24) is 0 Å². The molecule has 0 saturated heterocycles. The van der Waals surface area contributed by atoms with Crippen molar-refractivity contribution in [2.24, 2.45) is 11.7 Å². The Kier molecular flexibility index (Phi) is 3.24. The molecule has 0 bridgehead atoms. The highest BCUT2D eigenvalue weighted by molar-refractivity contribution is 9.10. The molecule has 2 rings (SSSR count). The molecular weight excluding hydrogens is 238 g/mol. The van der Waals surface area contributed by atoms with Gasteiger partial charge in [0.05, 0.1) is 0 Å². The third kappa shape index (κ3) is 2.18. The lowest BCUT2D eigenvalue weighted by Gasteiger charge is -2.35. The van der Waals surface area contributed by atoms with Crippen LogP contribution in [0.2, 0.25) is 0 Å². The van der Waals surface area contributed by atoms with Gasteiger partial charge in [0.25, 0.3) is 0 Å². The van der Waals surface area contributed by atoms with Crippen molar-refractivity contribution >= 4 is 15.9 Å². The van der Waals surface area contributed by atoms with E-state index in [0.717, 1.165) is 18.4 Å². The van der Waals surface area contributed by atoms with Gasteiger partial charge in [0, 0.05) is 4.47 Å². The van der Waals surface area contributed by atoms with Gasteiger partial charge in [-0.2, -0.15) is 0 Å². The number of benzene rings is 1. The number of hydrogen-bond acceptors (Lipinski definition) is 1. The second-order valence-electron chi connectivity index (χ2n) is 4.17. The summed E-state index contributed by atoms with van der Waals surface area (Å²) in [6.07, 6.45) is 3.85. The van der Waals surface area contributed by atoms with Gasteiger partial charge in [0.2, 0.25) is 0 Å². The summed E-state index contributed by atoms with van der Waals surface area (Å²) < 4.78 is 1.19. The Morgan fingerprint density at radius 3 is 2.79 bits per heavy atom. The van der Waals surface area contributed by atoms with Crippen LogP contribution in [0.5, 0.6) is 0 Å². The van der Waals surface area contributed by atoms with Gasteiger partial charge in [-0.15, -0.1) is 0 Å². The number of halogens is 1. The summed E-state index contributed by atoms with van der Waals surface area (Å²) in [4.78, 5) is 0. The minimum Gasteiger partial charge on any atom is -0.330 e. The Hall–Kier alpha value is -0.340. The van der Waals surface area contributed by atoms with Gasteiger partial charge >= 0.3 is 0 Å². The molecule has 0 heterocycles. The molecule has 1 aromatic carbocycles. The molecule has 1 saturated carbocycles. The van der Waals surface area contributed by atoms with Crippen LogP contribution in [0.3, 0.4) is 0 Å². The van der Waals surface area contributed by atoms with Crippen LogP contribution in [0.15, 0.2) is 28.7 Å². The molecule has 0 aromatic heterocycles. The fourth-order valence-corrected chi connectivity index (χ4v) is 2.66. The molecule has 1 aliphatic rings. The summed E-state index contributed by atoms with van der Waals surface area (Å²) in [6, 6.07) is 8.67. The van der Waals surface area contributed by atoms with E-state index in [2.05, 4.69) is 40.2 Å². The monoisotopic (exact) mass is 253 g/mol. The average Bonchev–Trinajstić information content (AvgIpc) is 2.10. The molecule has 0 aliphatic heterocycles. The van der Waals surface area contributed by atoms with Crippen LogP contribution in [0.4, 0.5) is 0 Å². The first kappa shape index (κ1) is 10.2. The SMILES string of the molecule is NCCC1CC(c2cccc(Br)c2)C1. The summed E-state index contributed by atoms with van der Waals surface area (Å²) in [7, 11) is 0. The Labute approximate surface area is 93.8 Å². The van der Waals surface area contributed by atoms with Gasteiger partial charge in [0.1, 0.15) is 0 Å². The van der Waals surface area contributed by atoms with E-state index in [9.17, 15) is 0 Å². The molecule has 1 aromatic rings. The van der Waals surface area contributed by atoms with Crippen LogP contribution in [0, 0.1) is 5.92 Å². The Balaban J connectivity index is 1.93. The van der Waals surface area contributed by atoms with E-state index in [1.807, 2.05) is 0 Å². The van der Waals surface area contributed by atoms with Crippen molar-refractivity contribution in [1.29, 1.82) is 0 Å². The summed E-state index contributed by atoms with van der Waals surface area (Å²) in [5.41, 5.74) is 7.02. The van der Waals surface area contributed by atoms with Gasteiger partial charge in [-0.05, 0) is 55.3 Å². The van der Waals surface area contributed by atoms with E-state index in [1.165, 1.54) is 29.3 Å². The highest BCUT2D eigenvalue weighted by atomic mass is 79.9. The second kappa shape index (κ2) is 4.45. The van der Waals surface area contributed by atoms with E-state index in [0.29, 0.717) is 0 Å². The lowest BCUT2D eigenvalue weighted by Crippen LogP contribution is -2.24. The first-order chi connectivity index (χ1) is 6.79. The smallest absolute Gasteiger partial charge is 0.0178 e. The maximum Gasteiger partial charge on any atom is 0.0178 e. The van der Waals surface area contributed by atoms with Gasteiger partial charge < -0.3 is 5.73 Å². The van der Waals surface area contributed by atoms with Crippen LogP contribution in [0.1, 0.15) is 30.7 Å². The van der Waals surface area contributed by atoms with E-state index >= 15 is 0 Å². The van der Waals surface area contributed by atoms with E-state index < -0.39 is 0 Å². The molecular formula is C12H16BrN. The van der Waals surface area contributed by atoms with E-state index in [1.54, 1.807) is 0 Å². The van der Waals surface area contributed by atoms with Crippen molar-refractivity contribution in [2.45, 2.75) is 25.2 Å². The van der Waals surface area contributed by atoms with Crippen molar-refractivity contribution in [3.8, 4) is 0 Å². The topological polar surface area (TPSA) is 26.0 Å². The first-order valence-corrected chi connectivity index (χ1v) is 6.04. The molecule has 0 amide bonds. The second-order valence-corrected chi connectivity index (χ2v) is 5.08. The number of rotatable bonds is 3. The lowest BCUT2D eigenvalue weighted by molar-refractivity contribution is 0.251. The molecule has 0 radical (unpaired) electrons. The van der Waals surface area contributed by atoms with Crippen molar-refractivity contribution in [3.63, 3.8) is 0 Å². The zero-order valence-electron chi connectivity index (χ0n) is 8.25. The Morgan fingerprint density at radius 2 is 2.14 bits per heavy atom. The van der Waals surface area contributed by atoms with Gasteiger partial charge in [-0.1, -0.05) is 28.1 Å². The predicted octanol–water partition coefficient (Wildman–Crippen LogP) is 3.29. The zero-order chi connectivity index (χ0) is 9.97. The molecule has 2 heteroatoms. The standard InChI is InChI=1S/C12H16BrN/c13-12-3-1-2-10(8-12)11-6-9(7-11)4-5-14/h1-3,8-9,11H,4-7,14H2. The minimum absolute atomic E-state index is 0.782.